The number of nitrogens with one attached hydrogen (secondary N) is 1. The molecule has 0 fully saturated rings. The summed E-state index contributed by atoms with van der Waals surface area (Å²) < 4.78 is 6.60. The van der Waals surface area contributed by atoms with Crippen LogP contribution in [0.15, 0.2) is 36.4 Å². The predicted octanol–water partition coefficient (Wildman–Crippen LogP) is 4.87. The van der Waals surface area contributed by atoms with Crippen molar-refractivity contribution in [1.82, 2.24) is 5.32 Å². The Bertz CT molecular complexity index is 560. The van der Waals surface area contributed by atoms with Crippen LogP contribution >= 0.6 is 22.9 Å². The molecule has 0 unspecified atom stereocenters. The number of thiophene rings is 1. The molecular weight excluding hydrogens is 290 g/mol. The van der Waals surface area contributed by atoms with Crippen molar-refractivity contribution in [3.63, 3.8) is 0 Å². The fourth-order valence-electron chi connectivity index (χ4n) is 1.70. The van der Waals surface area contributed by atoms with Crippen molar-refractivity contribution in [2.24, 2.45) is 0 Å². The average Bonchev–Trinajstić information content (AvgIpc) is 2.80. The number of hydrogen-bond donors (Lipinski definition) is 1. The summed E-state index contributed by atoms with van der Waals surface area (Å²) in [6.07, 6.45) is 0. The van der Waals surface area contributed by atoms with Gasteiger partial charge in [0, 0.05) is 17.0 Å². The van der Waals surface area contributed by atoms with Crippen LogP contribution in [0.25, 0.3) is 0 Å². The van der Waals surface area contributed by atoms with Crippen LogP contribution in [-0.4, -0.2) is 5.54 Å². The zero-order valence-electron chi connectivity index (χ0n) is 12.1. The molecule has 20 heavy (non-hydrogen) atoms. The van der Waals surface area contributed by atoms with Gasteiger partial charge in [-0.15, -0.1) is 11.3 Å². The minimum Gasteiger partial charge on any atom is -0.488 e. The zero-order chi connectivity index (χ0) is 14.6. The molecule has 2 rings (SSSR count). The number of ether oxygens (including phenoxy) is 1. The lowest BCUT2D eigenvalue weighted by Crippen LogP contribution is -2.35. The molecule has 0 saturated heterocycles. The van der Waals surface area contributed by atoms with E-state index in [-0.39, 0.29) is 5.54 Å². The molecule has 108 valence electrons. The van der Waals surface area contributed by atoms with Gasteiger partial charge in [-0.1, -0.05) is 23.7 Å². The lowest BCUT2D eigenvalue weighted by Gasteiger charge is -2.20. The van der Waals surface area contributed by atoms with Crippen molar-refractivity contribution in [2.75, 3.05) is 0 Å². The highest BCUT2D eigenvalue weighted by Gasteiger charge is 2.08. The van der Waals surface area contributed by atoms with E-state index in [0.29, 0.717) is 6.61 Å². The molecule has 2 aromatic rings. The van der Waals surface area contributed by atoms with E-state index in [1.165, 1.54) is 5.56 Å². The summed E-state index contributed by atoms with van der Waals surface area (Å²) in [7, 11) is 0. The Hall–Kier alpha value is -1.03. The molecule has 4 heteroatoms. The summed E-state index contributed by atoms with van der Waals surface area (Å²) in [6, 6.07) is 12.1. The molecule has 1 aromatic carbocycles. The second kappa shape index (κ2) is 6.61. The minimum atomic E-state index is 0.116. The summed E-state index contributed by atoms with van der Waals surface area (Å²) in [5, 5.41) is 3.47. The van der Waals surface area contributed by atoms with Crippen LogP contribution in [0, 0.1) is 0 Å². The molecule has 0 aliphatic rings. The molecule has 1 heterocycles. The van der Waals surface area contributed by atoms with E-state index in [4.69, 9.17) is 16.3 Å². The fourth-order valence-corrected chi connectivity index (χ4v) is 2.70. The second-order valence-electron chi connectivity index (χ2n) is 5.75. The molecular formula is C16H20ClNOS. The third-order valence-electron chi connectivity index (χ3n) is 2.73. The van der Waals surface area contributed by atoms with Gasteiger partial charge in [0.1, 0.15) is 12.4 Å². The Labute approximate surface area is 129 Å². The second-order valence-corrected chi connectivity index (χ2v) is 7.55. The molecule has 0 aliphatic carbocycles. The highest BCUT2D eigenvalue weighted by atomic mass is 35.5. The van der Waals surface area contributed by atoms with Gasteiger partial charge >= 0.3 is 0 Å². The highest BCUT2D eigenvalue weighted by Crippen LogP contribution is 2.23. The van der Waals surface area contributed by atoms with E-state index in [9.17, 15) is 0 Å². The maximum atomic E-state index is 5.91. The van der Waals surface area contributed by atoms with Crippen molar-refractivity contribution in [3.05, 3.63) is 51.2 Å². The van der Waals surface area contributed by atoms with Gasteiger partial charge in [0.2, 0.25) is 0 Å². The smallest absolute Gasteiger partial charge is 0.122 e. The van der Waals surface area contributed by atoms with Gasteiger partial charge in [-0.25, -0.2) is 0 Å². The van der Waals surface area contributed by atoms with Gasteiger partial charge in [0.15, 0.2) is 0 Å². The molecule has 0 radical (unpaired) electrons. The van der Waals surface area contributed by atoms with Crippen LogP contribution in [0.5, 0.6) is 5.75 Å². The van der Waals surface area contributed by atoms with E-state index in [1.54, 1.807) is 11.3 Å². The Morgan fingerprint density at radius 2 is 2.00 bits per heavy atom. The normalized spacial score (nSPS) is 11.6. The first-order valence-electron chi connectivity index (χ1n) is 6.63. The Morgan fingerprint density at radius 3 is 2.65 bits per heavy atom. The first-order chi connectivity index (χ1) is 9.42. The molecule has 0 bridgehead atoms. The lowest BCUT2D eigenvalue weighted by atomic mass is 10.1. The summed E-state index contributed by atoms with van der Waals surface area (Å²) >= 11 is 7.46. The standard InChI is InChI=1S/C16H20ClNOS/c1-16(2,3)18-10-12-5-4-6-13(9-12)19-11-14-7-8-15(17)20-14/h4-9,18H,10-11H2,1-3H3. The topological polar surface area (TPSA) is 21.3 Å². The van der Waals surface area contributed by atoms with Crippen molar-refractivity contribution < 1.29 is 4.74 Å². The van der Waals surface area contributed by atoms with Crippen LogP contribution in [-0.2, 0) is 13.2 Å². The number of benzene rings is 1. The van der Waals surface area contributed by atoms with Crippen LogP contribution < -0.4 is 10.1 Å². The van der Waals surface area contributed by atoms with Crippen LogP contribution in [0.2, 0.25) is 4.34 Å². The SMILES string of the molecule is CC(C)(C)NCc1cccc(OCc2ccc(Cl)s2)c1. The molecule has 0 saturated carbocycles. The Kier molecular flexibility index (Phi) is 5.08. The molecule has 0 spiro atoms. The summed E-state index contributed by atoms with van der Waals surface area (Å²) in [6.45, 7) is 7.88. The van der Waals surface area contributed by atoms with Crippen molar-refractivity contribution in [2.45, 2.75) is 39.5 Å². The fraction of sp³-hybridized carbons (Fsp3) is 0.375. The predicted molar refractivity (Wildman–Crippen MR) is 86.7 cm³/mol. The number of hydrogen-bond acceptors (Lipinski definition) is 3. The van der Waals surface area contributed by atoms with Gasteiger partial charge in [-0.2, -0.15) is 0 Å². The largest absolute Gasteiger partial charge is 0.488 e. The Morgan fingerprint density at radius 1 is 1.20 bits per heavy atom. The third kappa shape index (κ3) is 5.16. The summed E-state index contributed by atoms with van der Waals surface area (Å²) in [5.74, 6) is 0.891. The first-order valence-corrected chi connectivity index (χ1v) is 7.83. The number of halogens is 1. The lowest BCUT2D eigenvalue weighted by molar-refractivity contribution is 0.309. The van der Waals surface area contributed by atoms with Crippen LogP contribution in [0.4, 0.5) is 0 Å². The van der Waals surface area contributed by atoms with Gasteiger partial charge in [-0.3, -0.25) is 0 Å². The molecule has 0 atom stereocenters. The zero-order valence-corrected chi connectivity index (χ0v) is 13.6. The molecule has 2 nitrogen and oxygen atoms in total. The highest BCUT2D eigenvalue weighted by molar-refractivity contribution is 7.16. The van der Waals surface area contributed by atoms with Gasteiger partial charge in [0.25, 0.3) is 0 Å². The monoisotopic (exact) mass is 309 g/mol. The van der Waals surface area contributed by atoms with Crippen molar-refractivity contribution >= 4 is 22.9 Å². The first kappa shape index (κ1) is 15.4. The molecule has 1 N–H and O–H groups in total. The number of rotatable bonds is 5. The van der Waals surface area contributed by atoms with E-state index in [0.717, 1.165) is 21.5 Å². The van der Waals surface area contributed by atoms with Crippen molar-refractivity contribution in [3.8, 4) is 5.75 Å². The van der Waals surface area contributed by atoms with Crippen LogP contribution in [0.3, 0.4) is 0 Å². The summed E-state index contributed by atoms with van der Waals surface area (Å²) in [4.78, 5) is 1.13. The van der Waals surface area contributed by atoms with E-state index < -0.39 is 0 Å². The van der Waals surface area contributed by atoms with Gasteiger partial charge in [-0.05, 0) is 50.6 Å². The third-order valence-corrected chi connectivity index (χ3v) is 3.94. The average molecular weight is 310 g/mol. The molecule has 1 aromatic heterocycles. The van der Waals surface area contributed by atoms with Gasteiger partial charge < -0.3 is 10.1 Å². The van der Waals surface area contributed by atoms with Crippen LogP contribution in [0.1, 0.15) is 31.2 Å². The maximum Gasteiger partial charge on any atom is 0.122 e. The van der Waals surface area contributed by atoms with E-state index in [2.05, 4.69) is 38.2 Å². The summed E-state index contributed by atoms with van der Waals surface area (Å²) in [5.41, 5.74) is 1.34. The minimum absolute atomic E-state index is 0.116. The van der Waals surface area contributed by atoms with E-state index >= 15 is 0 Å². The maximum absolute atomic E-state index is 5.91. The molecule has 0 aliphatic heterocycles. The Balaban J connectivity index is 1.92. The van der Waals surface area contributed by atoms with Gasteiger partial charge in [0.05, 0.1) is 4.34 Å². The van der Waals surface area contributed by atoms with E-state index in [1.807, 2.05) is 24.3 Å². The quantitative estimate of drug-likeness (QED) is 0.851. The molecule has 0 amide bonds. The van der Waals surface area contributed by atoms with Crippen molar-refractivity contribution in [1.29, 1.82) is 0 Å².